The Morgan fingerprint density at radius 1 is 1.50 bits per heavy atom. The minimum absolute atomic E-state index is 0.260. The summed E-state index contributed by atoms with van der Waals surface area (Å²) in [5.74, 6) is -0.0188. The molecule has 0 heterocycles. The number of carbonyl (C=O) groups excluding carboxylic acids is 1. The number of benzene rings is 1. The number of ether oxygens (including phenoxy) is 1. The lowest BCUT2D eigenvalue weighted by atomic mass is 9.88. The summed E-state index contributed by atoms with van der Waals surface area (Å²) in [6.07, 6.45) is 6.83. The molecule has 0 saturated heterocycles. The van der Waals surface area contributed by atoms with E-state index in [2.05, 4.69) is 22.0 Å². The smallest absolute Gasteiger partial charge is 0.338 e. The van der Waals surface area contributed by atoms with E-state index in [0.717, 1.165) is 17.0 Å². The normalized spacial score (nSPS) is 17.8. The molecule has 1 unspecified atom stereocenters. The molecule has 1 aliphatic carbocycles. The number of carbonyl (C=O) groups is 1. The molecule has 0 fully saturated rings. The number of rotatable bonds is 4. The molecule has 0 amide bonds. The van der Waals surface area contributed by atoms with Crippen molar-refractivity contribution in [1.82, 2.24) is 0 Å². The van der Waals surface area contributed by atoms with Gasteiger partial charge in [-0.2, -0.15) is 0 Å². The van der Waals surface area contributed by atoms with Crippen molar-refractivity contribution in [2.75, 3.05) is 6.61 Å². The van der Waals surface area contributed by atoms with Gasteiger partial charge in [0.2, 0.25) is 0 Å². The lowest BCUT2D eigenvalue weighted by Crippen LogP contribution is -2.08. The zero-order valence-corrected chi connectivity index (χ0v) is 13.6. The third-order valence-electron chi connectivity index (χ3n) is 3.23. The van der Waals surface area contributed by atoms with Gasteiger partial charge in [-0.25, -0.2) is 4.79 Å². The minimum Gasteiger partial charge on any atom is -0.462 e. The molecule has 0 saturated carbocycles. The monoisotopic (exact) mass is 354 g/mol. The maximum Gasteiger partial charge on any atom is 0.338 e. The molecule has 2 nitrogen and oxygen atoms in total. The van der Waals surface area contributed by atoms with Gasteiger partial charge in [-0.05, 0) is 42.7 Å². The molecule has 1 atom stereocenters. The zero-order chi connectivity index (χ0) is 14.5. The van der Waals surface area contributed by atoms with Crippen LogP contribution >= 0.6 is 27.5 Å². The van der Waals surface area contributed by atoms with E-state index in [1.54, 1.807) is 6.92 Å². The summed E-state index contributed by atoms with van der Waals surface area (Å²) in [4.78, 5) is 11.8. The molecule has 4 heteroatoms. The average molecular weight is 356 g/mol. The first-order valence-corrected chi connectivity index (χ1v) is 8.04. The number of halogens is 2. The molecule has 0 spiro atoms. The van der Waals surface area contributed by atoms with Crippen molar-refractivity contribution >= 4 is 33.5 Å². The Morgan fingerprint density at radius 3 is 2.95 bits per heavy atom. The summed E-state index contributed by atoms with van der Waals surface area (Å²) in [6.45, 7) is 2.19. The van der Waals surface area contributed by atoms with Crippen molar-refractivity contribution < 1.29 is 9.53 Å². The molecule has 20 heavy (non-hydrogen) atoms. The van der Waals surface area contributed by atoms with Crippen molar-refractivity contribution in [2.45, 2.75) is 24.6 Å². The van der Waals surface area contributed by atoms with Crippen molar-refractivity contribution in [3.63, 3.8) is 0 Å². The van der Waals surface area contributed by atoms with E-state index in [1.165, 1.54) is 5.56 Å². The SMILES string of the molecule is CCOC(=O)c1ccc(C2C=CC=C(Cl)C2)c(CBr)c1. The van der Waals surface area contributed by atoms with Crippen LogP contribution in [-0.2, 0) is 10.1 Å². The van der Waals surface area contributed by atoms with Gasteiger partial charge in [0, 0.05) is 16.3 Å². The Balaban J connectivity index is 2.29. The maximum atomic E-state index is 11.8. The van der Waals surface area contributed by atoms with Gasteiger partial charge >= 0.3 is 5.97 Å². The first-order valence-electron chi connectivity index (χ1n) is 6.54. The highest BCUT2D eigenvalue weighted by Crippen LogP contribution is 2.33. The number of esters is 1. The zero-order valence-electron chi connectivity index (χ0n) is 11.2. The molecule has 0 N–H and O–H groups in total. The van der Waals surface area contributed by atoms with Crippen LogP contribution in [0.5, 0.6) is 0 Å². The van der Waals surface area contributed by atoms with E-state index >= 15 is 0 Å². The van der Waals surface area contributed by atoms with E-state index in [0.29, 0.717) is 17.5 Å². The van der Waals surface area contributed by atoms with Crippen LogP contribution in [-0.4, -0.2) is 12.6 Å². The second kappa shape index (κ2) is 7.09. The van der Waals surface area contributed by atoms with Gasteiger partial charge in [-0.1, -0.05) is 45.7 Å². The number of alkyl halides is 1. The first kappa shape index (κ1) is 15.3. The molecule has 1 aliphatic rings. The fourth-order valence-electron chi connectivity index (χ4n) is 2.28. The van der Waals surface area contributed by atoms with Crippen molar-refractivity contribution in [1.29, 1.82) is 0 Å². The Hall–Kier alpha value is -1.06. The minimum atomic E-state index is -0.279. The highest BCUT2D eigenvalue weighted by Gasteiger charge is 2.17. The van der Waals surface area contributed by atoms with Crippen LogP contribution < -0.4 is 0 Å². The van der Waals surface area contributed by atoms with E-state index in [9.17, 15) is 4.79 Å². The quantitative estimate of drug-likeness (QED) is 0.566. The summed E-state index contributed by atoms with van der Waals surface area (Å²) >= 11 is 9.59. The summed E-state index contributed by atoms with van der Waals surface area (Å²) < 4.78 is 5.03. The van der Waals surface area contributed by atoms with Gasteiger partial charge < -0.3 is 4.74 Å². The summed E-state index contributed by atoms with van der Waals surface area (Å²) in [7, 11) is 0. The lowest BCUT2D eigenvalue weighted by molar-refractivity contribution is 0.0526. The van der Waals surface area contributed by atoms with Crippen LogP contribution in [0.1, 0.15) is 40.7 Å². The van der Waals surface area contributed by atoms with Gasteiger partial charge in [-0.3, -0.25) is 0 Å². The van der Waals surface area contributed by atoms with E-state index in [1.807, 2.05) is 30.4 Å². The van der Waals surface area contributed by atoms with Gasteiger partial charge in [-0.15, -0.1) is 0 Å². The lowest BCUT2D eigenvalue weighted by Gasteiger charge is -2.19. The van der Waals surface area contributed by atoms with Gasteiger partial charge in [0.25, 0.3) is 0 Å². The second-order valence-corrected chi connectivity index (χ2v) is 5.62. The van der Waals surface area contributed by atoms with Crippen molar-refractivity contribution in [3.05, 3.63) is 58.1 Å². The van der Waals surface area contributed by atoms with Crippen LogP contribution in [0, 0.1) is 0 Å². The summed E-state index contributed by atoms with van der Waals surface area (Å²) in [5, 5.41) is 1.55. The molecule has 1 aromatic rings. The Morgan fingerprint density at radius 2 is 2.30 bits per heavy atom. The molecule has 0 radical (unpaired) electrons. The van der Waals surface area contributed by atoms with Crippen molar-refractivity contribution in [3.8, 4) is 0 Å². The second-order valence-electron chi connectivity index (χ2n) is 4.58. The van der Waals surface area contributed by atoms with Crippen LogP contribution in [0.2, 0.25) is 0 Å². The van der Waals surface area contributed by atoms with Crippen LogP contribution in [0.3, 0.4) is 0 Å². The Kier molecular flexibility index (Phi) is 5.44. The number of allylic oxidation sites excluding steroid dienone is 4. The first-order chi connectivity index (χ1) is 9.65. The van der Waals surface area contributed by atoms with Gasteiger partial charge in [0.1, 0.15) is 0 Å². The van der Waals surface area contributed by atoms with Crippen LogP contribution in [0.25, 0.3) is 0 Å². The van der Waals surface area contributed by atoms with Gasteiger partial charge in [0.05, 0.1) is 12.2 Å². The Bertz CT molecular complexity index is 564. The molecule has 0 aromatic heterocycles. The predicted molar refractivity (Wildman–Crippen MR) is 85.5 cm³/mol. The fraction of sp³-hybridized carbons (Fsp3) is 0.312. The summed E-state index contributed by atoms with van der Waals surface area (Å²) in [5.41, 5.74) is 2.88. The topological polar surface area (TPSA) is 26.3 Å². The maximum absolute atomic E-state index is 11.8. The summed E-state index contributed by atoms with van der Waals surface area (Å²) in [6, 6.07) is 5.70. The molecular formula is C16H16BrClO2. The fourth-order valence-corrected chi connectivity index (χ4v) is 3.00. The van der Waals surface area contributed by atoms with Gasteiger partial charge in [0.15, 0.2) is 0 Å². The van der Waals surface area contributed by atoms with Crippen LogP contribution in [0.15, 0.2) is 41.5 Å². The predicted octanol–water partition coefficient (Wildman–Crippen LogP) is 4.92. The van der Waals surface area contributed by atoms with E-state index in [4.69, 9.17) is 16.3 Å². The largest absolute Gasteiger partial charge is 0.462 e. The van der Waals surface area contributed by atoms with Crippen molar-refractivity contribution in [2.24, 2.45) is 0 Å². The Labute approximate surface area is 132 Å². The molecule has 106 valence electrons. The highest BCUT2D eigenvalue weighted by molar-refractivity contribution is 9.08. The number of hydrogen-bond acceptors (Lipinski definition) is 2. The molecule has 0 aliphatic heterocycles. The molecule has 0 bridgehead atoms. The molecule has 2 rings (SSSR count). The third kappa shape index (κ3) is 3.53. The average Bonchev–Trinajstić information content (AvgIpc) is 2.46. The highest BCUT2D eigenvalue weighted by atomic mass is 79.9. The van der Waals surface area contributed by atoms with E-state index in [-0.39, 0.29) is 11.9 Å². The standard InChI is InChI=1S/C16H16BrClO2/c1-2-20-16(19)12-6-7-15(13(8-12)10-17)11-4-3-5-14(18)9-11/h3-8,11H,2,9-10H2,1H3. The van der Waals surface area contributed by atoms with Crippen LogP contribution in [0.4, 0.5) is 0 Å². The number of hydrogen-bond donors (Lipinski definition) is 0. The van der Waals surface area contributed by atoms with E-state index < -0.39 is 0 Å². The molecule has 1 aromatic carbocycles. The third-order valence-corrected chi connectivity index (χ3v) is 4.12. The molecular weight excluding hydrogens is 340 g/mol.